The minimum absolute atomic E-state index is 0.0775. The van der Waals surface area contributed by atoms with Gasteiger partial charge in [-0.15, -0.1) is 0 Å². The van der Waals surface area contributed by atoms with Crippen LogP contribution in [0.4, 0.5) is 5.69 Å². The average Bonchev–Trinajstić information content (AvgIpc) is 2.73. The van der Waals surface area contributed by atoms with E-state index in [0.29, 0.717) is 30.8 Å². The van der Waals surface area contributed by atoms with Gasteiger partial charge in [0, 0.05) is 31.9 Å². The third-order valence-electron chi connectivity index (χ3n) is 4.56. The van der Waals surface area contributed by atoms with E-state index >= 15 is 0 Å². The fraction of sp³-hybridized carbons (Fsp3) is 0.261. The molecule has 1 aromatic carbocycles. The van der Waals surface area contributed by atoms with Crippen molar-refractivity contribution in [1.82, 2.24) is 10.3 Å². The van der Waals surface area contributed by atoms with Gasteiger partial charge in [-0.3, -0.25) is 9.78 Å². The molecule has 2 N–H and O–H groups in total. The summed E-state index contributed by atoms with van der Waals surface area (Å²) >= 11 is 0. The largest absolute Gasteiger partial charge is 0.427 e. The van der Waals surface area contributed by atoms with Crippen LogP contribution in [0.25, 0.3) is 0 Å². The van der Waals surface area contributed by atoms with Crippen molar-refractivity contribution >= 4 is 11.6 Å². The van der Waals surface area contributed by atoms with E-state index in [1.54, 1.807) is 25.4 Å². The molecule has 150 valence electrons. The summed E-state index contributed by atoms with van der Waals surface area (Å²) in [5, 5.41) is 6.01. The fourth-order valence-electron chi connectivity index (χ4n) is 3.06. The molecular weight excluding hydrogens is 366 g/mol. The predicted molar refractivity (Wildman–Crippen MR) is 113 cm³/mol. The van der Waals surface area contributed by atoms with Gasteiger partial charge in [-0.1, -0.05) is 30.3 Å². The van der Waals surface area contributed by atoms with E-state index < -0.39 is 11.5 Å². The second-order valence-electron chi connectivity index (χ2n) is 6.82. The molecule has 2 aromatic heterocycles. The van der Waals surface area contributed by atoms with Crippen molar-refractivity contribution < 1.29 is 9.21 Å². The number of carbonyl (C=O) groups is 1. The summed E-state index contributed by atoms with van der Waals surface area (Å²) in [4.78, 5) is 28.8. The van der Waals surface area contributed by atoms with E-state index in [-0.39, 0.29) is 5.56 Å². The van der Waals surface area contributed by atoms with Gasteiger partial charge in [0.1, 0.15) is 11.3 Å². The number of nitrogens with zero attached hydrogens (tertiary/aromatic N) is 1. The smallest absolute Gasteiger partial charge is 0.349 e. The number of carbonyl (C=O) groups excluding carboxylic acids is 1. The van der Waals surface area contributed by atoms with Crippen LogP contribution in [0.15, 0.2) is 70.1 Å². The number of anilines is 1. The third-order valence-corrected chi connectivity index (χ3v) is 4.56. The molecule has 0 saturated heterocycles. The standard InChI is InChI=1S/C23H25N3O3/c1-17-15-20(11-10-18-7-3-2-4-8-18)29-23(28)21(17)22(27)26-14-6-13-25-19-9-5-12-24-16-19/h2-5,7-9,12,15-16,25H,6,10-11,13-14H2,1H3,(H,26,27). The number of hydrogen-bond donors (Lipinski definition) is 2. The quantitative estimate of drug-likeness (QED) is 0.547. The molecular formula is C23H25N3O3. The Bertz CT molecular complexity index is 985. The van der Waals surface area contributed by atoms with Crippen LogP contribution in [0.1, 0.15) is 33.7 Å². The maximum absolute atomic E-state index is 12.4. The summed E-state index contributed by atoms with van der Waals surface area (Å²) in [5.74, 6) is 0.195. The van der Waals surface area contributed by atoms with Crippen LogP contribution in [-0.2, 0) is 12.8 Å². The van der Waals surface area contributed by atoms with E-state index in [0.717, 1.165) is 18.5 Å². The zero-order valence-corrected chi connectivity index (χ0v) is 16.5. The molecule has 1 amide bonds. The molecule has 0 aliphatic carbocycles. The van der Waals surface area contributed by atoms with Gasteiger partial charge < -0.3 is 15.1 Å². The molecule has 6 nitrogen and oxygen atoms in total. The molecule has 3 rings (SSSR count). The van der Waals surface area contributed by atoms with Gasteiger partial charge in [0.2, 0.25) is 0 Å². The van der Waals surface area contributed by atoms with Crippen molar-refractivity contribution in [1.29, 1.82) is 0 Å². The van der Waals surface area contributed by atoms with Gasteiger partial charge in [-0.05, 0) is 49.1 Å². The molecule has 0 aliphatic heterocycles. The summed E-state index contributed by atoms with van der Waals surface area (Å²) in [6.45, 7) is 2.92. The lowest BCUT2D eigenvalue weighted by atomic mass is 10.1. The molecule has 0 radical (unpaired) electrons. The number of amides is 1. The maximum atomic E-state index is 12.4. The Labute approximate surface area is 170 Å². The van der Waals surface area contributed by atoms with Crippen LogP contribution in [0.5, 0.6) is 0 Å². The molecule has 3 aromatic rings. The first-order chi connectivity index (χ1) is 14.1. The summed E-state index contributed by atoms with van der Waals surface area (Å²) in [7, 11) is 0. The molecule has 0 spiro atoms. The van der Waals surface area contributed by atoms with Crippen molar-refractivity contribution in [3.63, 3.8) is 0 Å². The lowest BCUT2D eigenvalue weighted by Gasteiger charge is -2.09. The fourth-order valence-corrected chi connectivity index (χ4v) is 3.06. The molecule has 0 saturated carbocycles. The molecule has 0 aliphatic rings. The van der Waals surface area contributed by atoms with Crippen molar-refractivity contribution in [2.24, 2.45) is 0 Å². The second kappa shape index (κ2) is 10.2. The van der Waals surface area contributed by atoms with E-state index in [1.165, 1.54) is 5.56 Å². The van der Waals surface area contributed by atoms with Crippen molar-refractivity contribution in [2.75, 3.05) is 18.4 Å². The lowest BCUT2D eigenvalue weighted by Crippen LogP contribution is -2.31. The highest BCUT2D eigenvalue weighted by atomic mass is 16.4. The Hall–Kier alpha value is -3.41. The van der Waals surface area contributed by atoms with E-state index in [1.807, 2.05) is 42.5 Å². The number of hydrogen-bond acceptors (Lipinski definition) is 5. The van der Waals surface area contributed by atoms with Crippen molar-refractivity contribution in [3.05, 3.63) is 93.8 Å². The minimum Gasteiger partial charge on any atom is -0.427 e. The average molecular weight is 391 g/mol. The minimum atomic E-state index is -0.584. The first-order valence-electron chi connectivity index (χ1n) is 9.73. The highest BCUT2D eigenvalue weighted by Crippen LogP contribution is 2.10. The first kappa shape index (κ1) is 20.3. The van der Waals surface area contributed by atoms with Crippen LogP contribution in [0.3, 0.4) is 0 Å². The van der Waals surface area contributed by atoms with Crippen LogP contribution in [0, 0.1) is 6.92 Å². The maximum Gasteiger partial charge on any atom is 0.349 e. The van der Waals surface area contributed by atoms with Crippen LogP contribution in [-0.4, -0.2) is 24.0 Å². The third kappa shape index (κ3) is 6.04. The van der Waals surface area contributed by atoms with Gasteiger partial charge in [0.15, 0.2) is 0 Å². The number of pyridine rings is 1. The zero-order valence-electron chi connectivity index (χ0n) is 16.5. The molecule has 0 fully saturated rings. The monoisotopic (exact) mass is 391 g/mol. The topological polar surface area (TPSA) is 84.2 Å². The molecule has 0 bridgehead atoms. The van der Waals surface area contributed by atoms with E-state index in [2.05, 4.69) is 15.6 Å². The van der Waals surface area contributed by atoms with Crippen LogP contribution < -0.4 is 16.3 Å². The molecule has 0 atom stereocenters. The van der Waals surface area contributed by atoms with E-state index in [9.17, 15) is 9.59 Å². The summed E-state index contributed by atoms with van der Waals surface area (Å²) in [5.41, 5.74) is 2.24. The Balaban J connectivity index is 1.50. The Morgan fingerprint density at radius 3 is 2.62 bits per heavy atom. The number of benzene rings is 1. The predicted octanol–water partition coefficient (Wildman–Crippen LogP) is 3.36. The Morgan fingerprint density at radius 1 is 1.07 bits per heavy atom. The van der Waals surface area contributed by atoms with Crippen molar-refractivity contribution in [2.45, 2.75) is 26.2 Å². The summed E-state index contributed by atoms with van der Waals surface area (Å²) in [6.07, 6.45) is 5.57. The van der Waals surface area contributed by atoms with Gasteiger partial charge in [0.25, 0.3) is 5.91 Å². The second-order valence-corrected chi connectivity index (χ2v) is 6.82. The normalized spacial score (nSPS) is 10.5. The SMILES string of the molecule is Cc1cc(CCc2ccccc2)oc(=O)c1C(=O)NCCCNc1cccnc1. The first-order valence-corrected chi connectivity index (χ1v) is 9.73. The van der Waals surface area contributed by atoms with Crippen LogP contribution in [0.2, 0.25) is 0 Å². The summed E-state index contributed by atoms with van der Waals surface area (Å²) in [6, 6.07) is 15.6. The number of nitrogens with one attached hydrogen (secondary N) is 2. The number of rotatable bonds is 9. The van der Waals surface area contributed by atoms with Gasteiger partial charge >= 0.3 is 5.63 Å². The molecule has 6 heteroatoms. The number of aryl methyl sites for hydroxylation is 3. The molecule has 2 heterocycles. The molecule has 0 unspecified atom stereocenters. The molecule has 29 heavy (non-hydrogen) atoms. The van der Waals surface area contributed by atoms with E-state index in [4.69, 9.17) is 4.42 Å². The number of aromatic nitrogens is 1. The van der Waals surface area contributed by atoms with Crippen LogP contribution >= 0.6 is 0 Å². The lowest BCUT2D eigenvalue weighted by molar-refractivity contribution is 0.0948. The van der Waals surface area contributed by atoms with Gasteiger partial charge in [-0.25, -0.2) is 4.79 Å². The summed E-state index contributed by atoms with van der Waals surface area (Å²) < 4.78 is 5.38. The zero-order chi connectivity index (χ0) is 20.5. The Kier molecular flexibility index (Phi) is 7.16. The Morgan fingerprint density at radius 2 is 1.90 bits per heavy atom. The van der Waals surface area contributed by atoms with Gasteiger partial charge in [0.05, 0.1) is 5.69 Å². The van der Waals surface area contributed by atoms with Crippen molar-refractivity contribution in [3.8, 4) is 0 Å². The van der Waals surface area contributed by atoms with Gasteiger partial charge in [-0.2, -0.15) is 0 Å². The highest BCUT2D eigenvalue weighted by molar-refractivity contribution is 5.95. The highest BCUT2D eigenvalue weighted by Gasteiger charge is 2.16.